The van der Waals surface area contributed by atoms with E-state index in [9.17, 15) is 14.4 Å². The maximum Gasteiger partial charge on any atom is 0.350 e. The number of hydrogen-bond acceptors (Lipinski definition) is 6. The Balaban J connectivity index is 1.48. The molecule has 1 fully saturated rings. The van der Waals surface area contributed by atoms with Crippen LogP contribution in [0.25, 0.3) is 16.7 Å². The monoisotopic (exact) mass is 460 g/mol. The number of rotatable bonds is 4. The molecule has 9 nitrogen and oxygen atoms in total. The maximum absolute atomic E-state index is 13.4. The van der Waals surface area contributed by atoms with Crippen LogP contribution in [0.4, 0.5) is 0 Å². The van der Waals surface area contributed by atoms with E-state index in [1.165, 1.54) is 11.8 Å². The fraction of sp³-hybridized carbons (Fsp3) is 0.280. The molecule has 2 aromatic heterocycles. The summed E-state index contributed by atoms with van der Waals surface area (Å²) in [6.45, 7) is 0.852. The molecule has 1 saturated heterocycles. The predicted molar refractivity (Wildman–Crippen MR) is 126 cm³/mol. The minimum absolute atomic E-state index is 0.0251. The molecule has 1 aliphatic rings. The van der Waals surface area contributed by atoms with Crippen LogP contribution in [-0.4, -0.2) is 45.4 Å². The van der Waals surface area contributed by atoms with Crippen molar-refractivity contribution in [1.29, 1.82) is 0 Å². The molecule has 1 amide bonds. The topological polar surface area (TPSA) is 99.6 Å². The highest BCUT2D eigenvalue weighted by molar-refractivity contribution is 5.97. The minimum atomic E-state index is -0.705. The van der Waals surface area contributed by atoms with Gasteiger partial charge in [0.05, 0.1) is 12.8 Å². The number of carbonyl (C=O) groups is 1. The highest BCUT2D eigenvalue weighted by Gasteiger charge is 2.31. The molecule has 0 bridgehead atoms. The normalized spacial score (nSPS) is 16.1. The van der Waals surface area contributed by atoms with Gasteiger partial charge in [-0.25, -0.2) is 18.8 Å². The Bertz CT molecular complexity index is 1480. The Labute approximate surface area is 194 Å². The number of ether oxygens (including phenoxy) is 1. The number of carbonyl (C=O) groups excluding carboxylic acids is 1. The Morgan fingerprint density at radius 3 is 2.68 bits per heavy atom. The summed E-state index contributed by atoms with van der Waals surface area (Å²) >= 11 is 0. The second-order valence-corrected chi connectivity index (χ2v) is 8.35. The smallest absolute Gasteiger partial charge is 0.350 e. The van der Waals surface area contributed by atoms with Crippen molar-refractivity contribution >= 4 is 16.9 Å². The zero-order valence-corrected chi connectivity index (χ0v) is 18.9. The van der Waals surface area contributed by atoms with Crippen molar-refractivity contribution in [1.82, 2.24) is 19.2 Å². The third-order valence-corrected chi connectivity index (χ3v) is 6.21. The molecule has 9 heteroatoms. The van der Waals surface area contributed by atoms with Crippen molar-refractivity contribution in [3.05, 3.63) is 86.9 Å². The summed E-state index contributed by atoms with van der Waals surface area (Å²) in [7, 11) is 3.11. The van der Waals surface area contributed by atoms with Gasteiger partial charge in [0.15, 0.2) is 11.3 Å². The minimum Gasteiger partial charge on any atom is -0.493 e. The van der Waals surface area contributed by atoms with Crippen LogP contribution in [-0.2, 0) is 7.05 Å². The summed E-state index contributed by atoms with van der Waals surface area (Å²) in [6, 6.07) is 16.1. The lowest BCUT2D eigenvalue weighted by molar-refractivity contribution is 0.0699. The van der Waals surface area contributed by atoms with Crippen molar-refractivity contribution in [3.8, 4) is 11.4 Å². The lowest BCUT2D eigenvalue weighted by atomic mass is 9.96. The lowest BCUT2D eigenvalue weighted by Gasteiger charge is -2.32. The summed E-state index contributed by atoms with van der Waals surface area (Å²) in [5.74, 6) is 0.485. The molecule has 3 heterocycles. The summed E-state index contributed by atoms with van der Waals surface area (Å²) in [4.78, 5) is 40.5. The molecule has 2 aromatic carbocycles. The number of benzene rings is 2. The molecule has 1 atom stereocenters. The van der Waals surface area contributed by atoms with Crippen molar-refractivity contribution in [3.63, 3.8) is 0 Å². The maximum atomic E-state index is 13.4. The molecule has 0 spiro atoms. The zero-order valence-electron chi connectivity index (χ0n) is 18.9. The summed E-state index contributed by atoms with van der Waals surface area (Å²) in [5.41, 5.74) is 0.0615. The molecule has 0 N–H and O–H groups in total. The summed E-state index contributed by atoms with van der Waals surface area (Å²) in [6.07, 6.45) is 1.50. The fourth-order valence-corrected chi connectivity index (χ4v) is 4.54. The standard InChI is InChI=1S/C25H24N4O5/c1-27-25(32)29(18-10-4-3-5-11-18)22(26-27)17-9-7-13-28(15-17)23(30)19-14-16-8-6-12-20(33-2)21(16)34-24(19)31/h3-6,8,10-12,14,17H,7,9,13,15H2,1-2H3. The molecule has 1 unspecified atom stereocenters. The van der Waals surface area contributed by atoms with E-state index in [-0.39, 0.29) is 17.2 Å². The number of para-hydroxylation sites is 2. The van der Waals surface area contributed by atoms with E-state index in [0.29, 0.717) is 35.6 Å². The third-order valence-electron chi connectivity index (χ3n) is 6.21. The molecule has 1 aliphatic heterocycles. The lowest BCUT2D eigenvalue weighted by Crippen LogP contribution is -2.41. The molecule has 0 saturated carbocycles. The van der Waals surface area contributed by atoms with E-state index >= 15 is 0 Å². The van der Waals surface area contributed by atoms with Gasteiger partial charge in [0, 0.05) is 31.4 Å². The van der Waals surface area contributed by atoms with Crippen LogP contribution in [0, 0.1) is 0 Å². The quantitative estimate of drug-likeness (QED) is 0.434. The highest BCUT2D eigenvalue weighted by atomic mass is 16.5. The van der Waals surface area contributed by atoms with Gasteiger partial charge in [-0.2, -0.15) is 5.10 Å². The SMILES string of the molecule is COc1cccc2cc(C(=O)N3CCCC(c4nn(C)c(=O)n4-c4ccccc4)C3)c(=O)oc12. The van der Waals surface area contributed by atoms with Gasteiger partial charge < -0.3 is 14.1 Å². The van der Waals surface area contributed by atoms with Crippen molar-refractivity contribution in [2.75, 3.05) is 20.2 Å². The van der Waals surface area contributed by atoms with E-state index in [1.807, 2.05) is 30.3 Å². The Morgan fingerprint density at radius 1 is 1.12 bits per heavy atom. The van der Waals surface area contributed by atoms with Gasteiger partial charge in [-0.05, 0) is 37.1 Å². The van der Waals surface area contributed by atoms with Crippen molar-refractivity contribution in [2.45, 2.75) is 18.8 Å². The van der Waals surface area contributed by atoms with Gasteiger partial charge in [-0.1, -0.05) is 30.3 Å². The molecular formula is C25H24N4O5. The van der Waals surface area contributed by atoms with Gasteiger partial charge >= 0.3 is 11.3 Å². The summed E-state index contributed by atoms with van der Waals surface area (Å²) < 4.78 is 13.6. The number of amides is 1. The summed E-state index contributed by atoms with van der Waals surface area (Å²) in [5, 5.41) is 5.10. The number of aryl methyl sites for hydroxylation is 1. The number of fused-ring (bicyclic) bond motifs is 1. The van der Waals surface area contributed by atoms with Crippen LogP contribution in [0.1, 0.15) is 34.9 Å². The van der Waals surface area contributed by atoms with Gasteiger partial charge in [0.25, 0.3) is 5.91 Å². The molecule has 0 radical (unpaired) electrons. The third kappa shape index (κ3) is 3.68. The van der Waals surface area contributed by atoms with Crippen LogP contribution < -0.4 is 16.1 Å². The Morgan fingerprint density at radius 2 is 1.91 bits per heavy atom. The van der Waals surface area contributed by atoms with Crippen LogP contribution in [0.15, 0.2) is 68.6 Å². The fourth-order valence-electron chi connectivity index (χ4n) is 4.54. The Kier molecular flexibility index (Phi) is 5.53. The first-order valence-corrected chi connectivity index (χ1v) is 11.1. The van der Waals surface area contributed by atoms with E-state index < -0.39 is 11.5 Å². The predicted octanol–water partition coefficient (Wildman–Crippen LogP) is 2.71. The number of piperidine rings is 1. The average molecular weight is 460 g/mol. The number of methoxy groups -OCH3 is 1. The number of nitrogens with zero attached hydrogens (tertiary/aromatic N) is 4. The molecule has 4 aromatic rings. The molecule has 0 aliphatic carbocycles. The molecule has 34 heavy (non-hydrogen) atoms. The van der Waals surface area contributed by atoms with E-state index in [2.05, 4.69) is 5.10 Å². The van der Waals surface area contributed by atoms with Crippen molar-refractivity contribution < 1.29 is 13.9 Å². The van der Waals surface area contributed by atoms with Gasteiger partial charge in [-0.15, -0.1) is 0 Å². The molecule has 174 valence electrons. The zero-order chi connectivity index (χ0) is 23.8. The van der Waals surface area contributed by atoms with Gasteiger partial charge in [0.1, 0.15) is 11.4 Å². The van der Waals surface area contributed by atoms with Gasteiger partial charge in [0.2, 0.25) is 0 Å². The number of aromatic nitrogens is 3. The first kappa shape index (κ1) is 21.7. The van der Waals surface area contributed by atoms with Crippen LogP contribution in [0.5, 0.6) is 5.75 Å². The van der Waals surface area contributed by atoms with Crippen LogP contribution >= 0.6 is 0 Å². The first-order chi connectivity index (χ1) is 16.5. The second kappa shape index (κ2) is 8.66. The van der Waals surface area contributed by atoms with E-state index in [4.69, 9.17) is 9.15 Å². The second-order valence-electron chi connectivity index (χ2n) is 8.35. The molecule has 5 rings (SSSR count). The van der Waals surface area contributed by atoms with Crippen LogP contribution in [0.2, 0.25) is 0 Å². The number of hydrogen-bond donors (Lipinski definition) is 0. The highest BCUT2D eigenvalue weighted by Crippen LogP contribution is 2.28. The first-order valence-electron chi connectivity index (χ1n) is 11.1. The molecular weight excluding hydrogens is 436 g/mol. The largest absolute Gasteiger partial charge is 0.493 e. The number of likely N-dealkylation sites (tertiary alicyclic amines) is 1. The van der Waals surface area contributed by atoms with E-state index in [0.717, 1.165) is 18.5 Å². The van der Waals surface area contributed by atoms with Gasteiger partial charge in [-0.3, -0.25) is 4.79 Å². The van der Waals surface area contributed by atoms with Crippen LogP contribution in [0.3, 0.4) is 0 Å². The average Bonchev–Trinajstić information content (AvgIpc) is 3.17. The van der Waals surface area contributed by atoms with E-state index in [1.54, 1.807) is 40.8 Å². The Hall–Kier alpha value is -4.14. The van der Waals surface area contributed by atoms with Crippen molar-refractivity contribution in [2.24, 2.45) is 7.05 Å².